The van der Waals surface area contributed by atoms with Crippen LogP contribution in [-0.4, -0.2) is 42.7 Å². The van der Waals surface area contributed by atoms with Gasteiger partial charge in [-0.25, -0.2) is 0 Å². The number of likely N-dealkylation sites (N-methyl/N-ethyl adjacent to an activating group) is 1. The molecule has 0 amide bonds. The van der Waals surface area contributed by atoms with Crippen LogP contribution >= 0.6 is 0 Å². The summed E-state index contributed by atoms with van der Waals surface area (Å²) in [6.07, 6.45) is 0. The number of ether oxygens (including phenoxy) is 1. The van der Waals surface area contributed by atoms with Crippen LogP contribution in [0.1, 0.15) is 12.5 Å². The summed E-state index contributed by atoms with van der Waals surface area (Å²) in [5.41, 5.74) is 6.13. The molecule has 0 unspecified atom stereocenters. The molecule has 0 spiro atoms. The van der Waals surface area contributed by atoms with E-state index >= 15 is 0 Å². The Morgan fingerprint density at radius 1 is 1.41 bits per heavy atom. The highest BCUT2D eigenvalue weighted by Crippen LogP contribution is 2.11. The van der Waals surface area contributed by atoms with Crippen molar-refractivity contribution in [2.75, 3.05) is 26.7 Å². The van der Waals surface area contributed by atoms with Gasteiger partial charge in [0.25, 0.3) is 0 Å². The third-order valence-corrected chi connectivity index (χ3v) is 2.54. The normalized spacial score (nSPS) is 11.8. The standard InChI is InChI=1S/C12H19N3O2/c1-3-15(2)8-9-17-11-6-4-10(5-7-11)12(13)14-16/h4-7,16H,3,8-9H2,1-2H3,(H2,13,14). The second-order valence-electron chi connectivity index (χ2n) is 3.75. The van der Waals surface area contributed by atoms with Gasteiger partial charge in [-0.15, -0.1) is 0 Å². The SMILES string of the molecule is CCN(C)CCOc1ccc(/C(N)=N/O)cc1. The van der Waals surface area contributed by atoms with Crippen LogP contribution in [0.2, 0.25) is 0 Å². The van der Waals surface area contributed by atoms with Gasteiger partial charge in [-0.3, -0.25) is 0 Å². The molecule has 1 rings (SSSR count). The number of nitrogens with zero attached hydrogens (tertiary/aromatic N) is 2. The third-order valence-electron chi connectivity index (χ3n) is 2.54. The van der Waals surface area contributed by atoms with E-state index in [9.17, 15) is 0 Å². The largest absolute Gasteiger partial charge is 0.492 e. The van der Waals surface area contributed by atoms with E-state index in [2.05, 4.69) is 17.0 Å². The first kappa shape index (κ1) is 13.3. The zero-order valence-electron chi connectivity index (χ0n) is 10.3. The van der Waals surface area contributed by atoms with Crippen molar-refractivity contribution in [1.29, 1.82) is 0 Å². The minimum Gasteiger partial charge on any atom is -0.492 e. The molecule has 0 atom stereocenters. The van der Waals surface area contributed by atoms with Gasteiger partial charge in [-0.05, 0) is 37.9 Å². The van der Waals surface area contributed by atoms with E-state index in [4.69, 9.17) is 15.7 Å². The zero-order valence-corrected chi connectivity index (χ0v) is 10.3. The van der Waals surface area contributed by atoms with Crippen LogP contribution in [0, 0.1) is 0 Å². The van der Waals surface area contributed by atoms with E-state index in [0.717, 1.165) is 18.8 Å². The molecule has 0 heterocycles. The fourth-order valence-corrected chi connectivity index (χ4v) is 1.26. The third kappa shape index (κ3) is 4.32. The average Bonchev–Trinajstić information content (AvgIpc) is 2.38. The fraction of sp³-hybridized carbons (Fsp3) is 0.417. The van der Waals surface area contributed by atoms with Crippen LogP contribution in [0.15, 0.2) is 29.4 Å². The summed E-state index contributed by atoms with van der Waals surface area (Å²) in [5.74, 6) is 0.881. The Labute approximate surface area is 101 Å². The van der Waals surface area contributed by atoms with Crippen molar-refractivity contribution in [2.24, 2.45) is 10.9 Å². The molecule has 1 aromatic rings. The fourth-order valence-electron chi connectivity index (χ4n) is 1.26. The number of amidine groups is 1. The maximum atomic E-state index is 8.51. The maximum Gasteiger partial charge on any atom is 0.170 e. The van der Waals surface area contributed by atoms with Gasteiger partial charge in [0.2, 0.25) is 0 Å². The van der Waals surface area contributed by atoms with Gasteiger partial charge in [0.05, 0.1) is 0 Å². The highest BCUT2D eigenvalue weighted by molar-refractivity contribution is 5.97. The Kier molecular flexibility index (Phi) is 5.29. The van der Waals surface area contributed by atoms with Crippen molar-refractivity contribution in [2.45, 2.75) is 6.92 Å². The molecule has 0 aliphatic carbocycles. The second-order valence-corrected chi connectivity index (χ2v) is 3.75. The molecular weight excluding hydrogens is 218 g/mol. The summed E-state index contributed by atoms with van der Waals surface area (Å²) >= 11 is 0. The van der Waals surface area contributed by atoms with E-state index < -0.39 is 0 Å². The van der Waals surface area contributed by atoms with Gasteiger partial charge in [-0.2, -0.15) is 0 Å². The quantitative estimate of drug-likeness (QED) is 0.336. The van der Waals surface area contributed by atoms with E-state index in [0.29, 0.717) is 12.2 Å². The molecule has 1 aromatic carbocycles. The minimum absolute atomic E-state index is 0.0993. The highest BCUT2D eigenvalue weighted by Gasteiger charge is 2.00. The topological polar surface area (TPSA) is 71.1 Å². The van der Waals surface area contributed by atoms with Gasteiger partial charge < -0.3 is 20.6 Å². The lowest BCUT2D eigenvalue weighted by Crippen LogP contribution is -2.23. The summed E-state index contributed by atoms with van der Waals surface area (Å²) in [5, 5.41) is 11.4. The Hall–Kier alpha value is -1.75. The monoisotopic (exact) mass is 237 g/mol. The Balaban J connectivity index is 2.46. The first-order valence-electron chi connectivity index (χ1n) is 5.56. The molecule has 0 saturated carbocycles. The average molecular weight is 237 g/mol. The summed E-state index contributed by atoms with van der Waals surface area (Å²) in [6.45, 7) is 4.64. The number of hydrogen-bond acceptors (Lipinski definition) is 4. The first-order valence-corrected chi connectivity index (χ1v) is 5.56. The van der Waals surface area contributed by atoms with Gasteiger partial charge in [0, 0.05) is 12.1 Å². The highest BCUT2D eigenvalue weighted by atomic mass is 16.5. The second kappa shape index (κ2) is 6.75. The zero-order chi connectivity index (χ0) is 12.7. The van der Waals surface area contributed by atoms with Crippen LogP contribution in [0.3, 0.4) is 0 Å². The number of rotatable bonds is 6. The van der Waals surface area contributed by atoms with Gasteiger partial charge in [-0.1, -0.05) is 12.1 Å². The minimum atomic E-state index is 0.0993. The molecule has 0 aliphatic rings. The molecule has 17 heavy (non-hydrogen) atoms. The molecular formula is C12H19N3O2. The summed E-state index contributed by atoms with van der Waals surface area (Å²) in [4.78, 5) is 2.17. The molecule has 5 heteroatoms. The number of hydrogen-bond donors (Lipinski definition) is 2. The molecule has 0 aliphatic heterocycles. The molecule has 0 radical (unpaired) electrons. The van der Waals surface area contributed by atoms with Crippen molar-refractivity contribution in [1.82, 2.24) is 4.90 Å². The van der Waals surface area contributed by atoms with E-state index in [1.54, 1.807) is 24.3 Å². The van der Waals surface area contributed by atoms with E-state index in [1.165, 1.54) is 0 Å². The summed E-state index contributed by atoms with van der Waals surface area (Å²) < 4.78 is 5.56. The van der Waals surface area contributed by atoms with Crippen LogP contribution in [-0.2, 0) is 0 Å². The molecule has 3 N–H and O–H groups in total. The van der Waals surface area contributed by atoms with Crippen molar-refractivity contribution in [3.8, 4) is 5.75 Å². The Morgan fingerprint density at radius 2 is 2.06 bits per heavy atom. The number of nitrogens with two attached hydrogens (primary N) is 1. The lowest BCUT2D eigenvalue weighted by atomic mass is 10.2. The van der Waals surface area contributed by atoms with Gasteiger partial charge >= 0.3 is 0 Å². The number of oxime groups is 1. The number of benzene rings is 1. The van der Waals surface area contributed by atoms with Crippen molar-refractivity contribution < 1.29 is 9.94 Å². The van der Waals surface area contributed by atoms with Crippen LogP contribution in [0.5, 0.6) is 5.75 Å². The van der Waals surface area contributed by atoms with Crippen LogP contribution < -0.4 is 10.5 Å². The molecule has 0 fully saturated rings. The van der Waals surface area contributed by atoms with Crippen LogP contribution in [0.25, 0.3) is 0 Å². The van der Waals surface area contributed by atoms with Crippen molar-refractivity contribution in [3.05, 3.63) is 29.8 Å². The van der Waals surface area contributed by atoms with Crippen molar-refractivity contribution >= 4 is 5.84 Å². The summed E-state index contributed by atoms with van der Waals surface area (Å²) in [7, 11) is 2.05. The van der Waals surface area contributed by atoms with Crippen LogP contribution in [0.4, 0.5) is 0 Å². The van der Waals surface area contributed by atoms with Gasteiger partial charge in [0.1, 0.15) is 12.4 Å². The predicted molar refractivity (Wildman–Crippen MR) is 67.6 cm³/mol. The van der Waals surface area contributed by atoms with Gasteiger partial charge in [0.15, 0.2) is 5.84 Å². The molecule has 0 aromatic heterocycles. The predicted octanol–water partition coefficient (Wildman–Crippen LogP) is 1.11. The Bertz CT molecular complexity index is 363. The molecule has 5 nitrogen and oxygen atoms in total. The first-order chi connectivity index (χ1) is 8.17. The smallest absolute Gasteiger partial charge is 0.170 e. The maximum absolute atomic E-state index is 8.51. The Morgan fingerprint density at radius 3 is 2.59 bits per heavy atom. The summed E-state index contributed by atoms with van der Waals surface area (Å²) in [6, 6.07) is 7.13. The molecule has 0 bridgehead atoms. The van der Waals surface area contributed by atoms with Crippen molar-refractivity contribution in [3.63, 3.8) is 0 Å². The van der Waals surface area contributed by atoms with E-state index in [-0.39, 0.29) is 5.84 Å². The lowest BCUT2D eigenvalue weighted by molar-refractivity contribution is 0.244. The molecule has 0 saturated heterocycles. The van der Waals surface area contributed by atoms with E-state index in [1.807, 2.05) is 7.05 Å². The molecule has 94 valence electrons. The lowest BCUT2D eigenvalue weighted by Gasteiger charge is -2.14.